The van der Waals surface area contributed by atoms with Gasteiger partial charge < -0.3 is 18.9 Å². The van der Waals surface area contributed by atoms with Gasteiger partial charge in [-0.25, -0.2) is 9.80 Å². The topological polar surface area (TPSA) is 159 Å². The van der Waals surface area contributed by atoms with Gasteiger partial charge in [-0.05, 0) is 108 Å². The zero-order chi connectivity index (χ0) is 35.0. The lowest BCUT2D eigenvalue weighted by atomic mass is 10.1. The maximum absolute atomic E-state index is 11.9. The molecule has 4 amide bonds. The van der Waals surface area contributed by atoms with Gasteiger partial charge in [-0.2, -0.15) is 0 Å². The van der Waals surface area contributed by atoms with E-state index in [-0.39, 0.29) is 23.6 Å². The minimum Gasteiger partial charge on any atom is -0.457 e. The Morgan fingerprint density at radius 3 is 1.06 bits per heavy atom. The number of anilines is 2. The van der Waals surface area contributed by atoms with Gasteiger partial charge in [0.2, 0.25) is 0 Å². The molecule has 12 nitrogen and oxygen atoms in total. The van der Waals surface area contributed by atoms with Crippen molar-refractivity contribution in [2.45, 2.75) is 0 Å². The minimum atomic E-state index is -0.374. The van der Waals surface area contributed by atoms with Crippen LogP contribution >= 0.6 is 0 Å². The number of ether oxygens (including phenoxy) is 4. The Morgan fingerprint density at radius 2 is 0.720 bits per heavy atom. The number of nitriles is 2. The highest BCUT2D eigenvalue weighted by Gasteiger charge is 2.26. The average Bonchev–Trinajstić information content (AvgIpc) is 3.65. The molecule has 0 atom stereocenters. The number of rotatable bonds is 8. The second-order valence-electron chi connectivity index (χ2n) is 10.4. The molecule has 0 spiro atoms. The molecule has 0 saturated heterocycles. The predicted octanol–water partition coefficient (Wildman–Crippen LogP) is 6.69. The van der Waals surface area contributed by atoms with E-state index >= 15 is 0 Å². The molecular weight excluding hydrogens is 640 g/mol. The molecule has 0 aromatic heterocycles. The van der Waals surface area contributed by atoms with E-state index < -0.39 is 0 Å². The van der Waals surface area contributed by atoms with Crippen molar-refractivity contribution in [2.24, 2.45) is 0 Å². The molecule has 0 radical (unpaired) electrons. The van der Waals surface area contributed by atoms with Gasteiger partial charge in [0.05, 0.1) is 11.4 Å². The maximum Gasteiger partial charge on any atom is 0.292 e. The number of fused-ring (bicyclic) bond motifs is 1. The average molecular weight is 663 g/mol. The first-order valence-electron chi connectivity index (χ1n) is 14.7. The van der Waals surface area contributed by atoms with Crippen LogP contribution in [0.1, 0.15) is 0 Å². The van der Waals surface area contributed by atoms with E-state index in [4.69, 9.17) is 20.0 Å². The molecule has 2 heterocycles. The first-order valence-corrected chi connectivity index (χ1v) is 14.7. The molecule has 0 bridgehead atoms. The summed E-state index contributed by atoms with van der Waals surface area (Å²) >= 11 is 0. The van der Waals surface area contributed by atoms with Crippen LogP contribution in [0.3, 0.4) is 0 Å². The first kappa shape index (κ1) is 32.2. The van der Waals surface area contributed by atoms with Crippen molar-refractivity contribution < 1.29 is 38.1 Å². The van der Waals surface area contributed by atoms with E-state index in [1.807, 2.05) is 36.4 Å². The van der Waals surface area contributed by atoms with E-state index in [2.05, 4.69) is 9.47 Å². The van der Waals surface area contributed by atoms with Crippen molar-refractivity contribution in [2.75, 3.05) is 9.80 Å². The summed E-state index contributed by atoms with van der Waals surface area (Å²) in [5.74, 6) is 1.66. The number of amides is 4. The lowest BCUT2D eigenvalue weighted by Gasteiger charge is -2.15. The van der Waals surface area contributed by atoms with Gasteiger partial charge in [0, 0.05) is 24.3 Å². The van der Waals surface area contributed by atoms with Crippen LogP contribution in [0.15, 0.2) is 133 Å². The Balaban J connectivity index is 0.000000306. The van der Waals surface area contributed by atoms with E-state index in [1.54, 1.807) is 48.5 Å². The molecule has 0 aliphatic carbocycles. The van der Waals surface area contributed by atoms with Crippen LogP contribution < -0.4 is 28.7 Å². The van der Waals surface area contributed by atoms with Gasteiger partial charge in [-0.3, -0.25) is 19.2 Å². The summed E-state index contributed by atoms with van der Waals surface area (Å²) in [6.07, 6.45) is 8.03. The number of hydrogen-bond acceptors (Lipinski definition) is 10. The number of benzene rings is 5. The third-order valence-corrected chi connectivity index (χ3v) is 7.21. The molecule has 0 unspecified atom stereocenters. The predicted molar refractivity (Wildman–Crippen MR) is 179 cm³/mol. The highest BCUT2D eigenvalue weighted by Crippen LogP contribution is 2.32. The molecule has 0 N–H and O–H groups in total. The van der Waals surface area contributed by atoms with Crippen LogP contribution in [0.25, 0.3) is 10.8 Å². The molecular formula is C38H22N4O8. The third-order valence-electron chi connectivity index (χ3n) is 7.21. The molecule has 5 aromatic carbocycles. The second kappa shape index (κ2) is 14.4. The van der Waals surface area contributed by atoms with Crippen LogP contribution in [0, 0.1) is 23.0 Å². The zero-order valence-corrected chi connectivity index (χ0v) is 25.8. The van der Waals surface area contributed by atoms with Gasteiger partial charge in [-0.1, -0.05) is 12.1 Å². The molecule has 0 fully saturated rings. The van der Waals surface area contributed by atoms with Gasteiger partial charge >= 0.3 is 0 Å². The summed E-state index contributed by atoms with van der Waals surface area (Å²) in [6, 6.07) is 30.9. The van der Waals surface area contributed by atoms with E-state index in [9.17, 15) is 19.2 Å². The minimum absolute atomic E-state index is 0.374. The first-order chi connectivity index (χ1) is 24.3. The molecule has 50 heavy (non-hydrogen) atoms. The van der Waals surface area contributed by atoms with Crippen LogP contribution in [0.5, 0.6) is 34.5 Å². The Hall–Kier alpha value is -7.70. The molecule has 2 aliphatic rings. The Labute approximate surface area is 284 Å². The molecule has 5 aromatic rings. The number of hydrogen-bond donors (Lipinski definition) is 0. The van der Waals surface area contributed by atoms with Crippen LogP contribution in [0.2, 0.25) is 0 Å². The highest BCUT2D eigenvalue weighted by atomic mass is 16.5. The fourth-order valence-electron chi connectivity index (χ4n) is 4.92. The smallest absolute Gasteiger partial charge is 0.292 e. The Kier molecular flexibility index (Phi) is 9.27. The van der Waals surface area contributed by atoms with Gasteiger partial charge in [0.25, 0.3) is 36.1 Å². The number of carbonyl (C=O) groups excluding carboxylic acids is 4. The molecule has 12 heteroatoms. The molecule has 242 valence electrons. The number of carbonyl (C=O) groups is 4. The fourth-order valence-corrected chi connectivity index (χ4v) is 4.92. The standard InChI is InChI=1S/C30H18N2O6.C8H4N2O2/c33-27-13-14-28(34)31(27)21-3-9-23(10-4-21)37-25-7-1-19-2-8-26(18-20(19)17-25)38-24-11-5-22(6-12-24)32-29(35)15-16-30(32)36;9-5-11-7-1-2-8(4-3-7)12-6-10/h1-18H;1-4H. The van der Waals surface area contributed by atoms with Gasteiger partial charge in [0.1, 0.15) is 34.5 Å². The lowest BCUT2D eigenvalue weighted by Crippen LogP contribution is -2.29. The van der Waals surface area contributed by atoms with Crippen molar-refractivity contribution in [1.29, 1.82) is 10.5 Å². The summed E-state index contributed by atoms with van der Waals surface area (Å²) < 4.78 is 21.0. The normalized spacial score (nSPS) is 13.1. The number of imide groups is 2. The SMILES string of the molecule is N#COc1ccc(OC#N)cc1.O=C1C=CC(=O)N1c1ccc(Oc2ccc3ccc(Oc4ccc(N5C(=O)C=CC5=O)cc4)cc3c2)cc1. The molecule has 0 saturated carbocycles. The van der Waals surface area contributed by atoms with Crippen molar-refractivity contribution in [3.8, 4) is 47.0 Å². The van der Waals surface area contributed by atoms with Crippen LogP contribution in [-0.2, 0) is 19.2 Å². The van der Waals surface area contributed by atoms with Gasteiger partial charge in [0.15, 0.2) is 0 Å². The summed E-state index contributed by atoms with van der Waals surface area (Å²) in [7, 11) is 0. The monoisotopic (exact) mass is 662 g/mol. The Morgan fingerprint density at radius 1 is 0.400 bits per heavy atom. The summed E-state index contributed by atoms with van der Waals surface area (Å²) in [5.41, 5.74) is 0.946. The molecule has 2 aliphatic heterocycles. The Bertz CT molecular complexity index is 2070. The summed E-state index contributed by atoms with van der Waals surface area (Å²) in [4.78, 5) is 49.7. The quantitative estimate of drug-likeness (QED) is 0.129. The van der Waals surface area contributed by atoms with Crippen molar-refractivity contribution >= 4 is 45.8 Å². The zero-order valence-electron chi connectivity index (χ0n) is 25.8. The second-order valence-corrected chi connectivity index (χ2v) is 10.4. The molecule has 7 rings (SSSR count). The van der Waals surface area contributed by atoms with E-state index in [0.29, 0.717) is 45.9 Å². The summed E-state index contributed by atoms with van der Waals surface area (Å²) in [5, 5.41) is 18.2. The maximum atomic E-state index is 11.9. The third kappa shape index (κ3) is 7.31. The van der Waals surface area contributed by atoms with E-state index in [0.717, 1.165) is 20.6 Å². The van der Waals surface area contributed by atoms with Crippen LogP contribution in [-0.4, -0.2) is 23.6 Å². The highest BCUT2D eigenvalue weighted by molar-refractivity contribution is 6.28. The van der Waals surface area contributed by atoms with Gasteiger partial charge in [-0.15, -0.1) is 10.5 Å². The fraction of sp³-hybridized carbons (Fsp3) is 0. The van der Waals surface area contributed by atoms with Crippen molar-refractivity contribution in [3.05, 3.63) is 133 Å². The van der Waals surface area contributed by atoms with Crippen molar-refractivity contribution in [1.82, 2.24) is 0 Å². The van der Waals surface area contributed by atoms with Crippen molar-refractivity contribution in [3.63, 3.8) is 0 Å². The number of nitrogens with zero attached hydrogens (tertiary/aromatic N) is 4. The van der Waals surface area contributed by atoms with E-state index in [1.165, 1.54) is 61.1 Å². The lowest BCUT2D eigenvalue weighted by molar-refractivity contribution is -0.121. The summed E-state index contributed by atoms with van der Waals surface area (Å²) in [6.45, 7) is 0. The largest absolute Gasteiger partial charge is 0.457 e. The van der Waals surface area contributed by atoms with Crippen LogP contribution in [0.4, 0.5) is 11.4 Å².